The Morgan fingerprint density at radius 2 is 1.69 bits per heavy atom. The number of carboxylic acid groups (broad SMARTS) is 1. The number of sulfone groups is 1. The number of phenols is 1. The topological polar surface area (TPSA) is 91.7 Å². The number of phenolic OH excluding ortho intramolecular Hbond substituents is 1. The smallest absolute Gasteiger partial charge is 0.336 e. The van der Waals surface area contributed by atoms with Gasteiger partial charge >= 0.3 is 5.97 Å². The van der Waals surface area contributed by atoms with Gasteiger partial charge < -0.3 is 10.2 Å². The first-order valence-corrected chi connectivity index (χ1v) is 10.8. The number of rotatable bonds is 5. The Morgan fingerprint density at radius 3 is 2.31 bits per heavy atom. The highest BCUT2D eigenvalue weighted by atomic mass is 35.5. The molecule has 3 aromatic carbocycles. The van der Waals surface area contributed by atoms with Crippen molar-refractivity contribution in [3.05, 3.63) is 81.3 Å². The lowest BCUT2D eigenvalue weighted by molar-refractivity contribution is 0.0696. The van der Waals surface area contributed by atoms with Gasteiger partial charge in [-0.05, 0) is 53.4 Å². The van der Waals surface area contributed by atoms with Gasteiger partial charge in [-0.25, -0.2) is 13.2 Å². The summed E-state index contributed by atoms with van der Waals surface area (Å²) in [6.45, 7) is 1.76. The zero-order valence-electron chi connectivity index (χ0n) is 15.2. The van der Waals surface area contributed by atoms with Gasteiger partial charge in [-0.1, -0.05) is 53.5 Å². The van der Waals surface area contributed by atoms with Gasteiger partial charge in [0, 0.05) is 5.02 Å². The van der Waals surface area contributed by atoms with E-state index in [1.54, 1.807) is 13.0 Å². The van der Waals surface area contributed by atoms with E-state index in [1.165, 1.54) is 12.1 Å². The molecule has 3 aromatic rings. The van der Waals surface area contributed by atoms with Gasteiger partial charge in [0.25, 0.3) is 0 Å². The van der Waals surface area contributed by atoms with Crippen LogP contribution in [0.3, 0.4) is 0 Å². The van der Waals surface area contributed by atoms with E-state index in [0.717, 1.165) is 11.6 Å². The minimum absolute atomic E-state index is 0.0405. The van der Waals surface area contributed by atoms with Gasteiger partial charge in [-0.15, -0.1) is 0 Å². The number of aromatic carboxylic acids is 1. The summed E-state index contributed by atoms with van der Waals surface area (Å²) in [6.07, 6.45) is 0. The first-order valence-electron chi connectivity index (χ1n) is 8.43. The lowest BCUT2D eigenvalue weighted by Gasteiger charge is -2.14. The van der Waals surface area contributed by atoms with Crippen LogP contribution in [0.25, 0.3) is 11.1 Å². The SMILES string of the molecule is Cc1cc(C(=O)O)c(CS(=O)(=O)c2cc(Cl)cc(Cl)c2O)cc1-c1ccccc1. The molecule has 0 aliphatic rings. The molecule has 0 aromatic heterocycles. The number of carboxylic acids is 1. The van der Waals surface area contributed by atoms with Crippen LogP contribution >= 0.6 is 23.2 Å². The number of aryl methyl sites for hydroxylation is 1. The standard InChI is InChI=1S/C21H16Cl2O5S/c1-12-7-17(21(25)26)14(8-16(12)13-5-3-2-4-6-13)11-29(27,28)19-10-15(22)9-18(23)20(19)24/h2-10,24H,11H2,1H3,(H,25,26). The molecule has 0 heterocycles. The molecule has 0 saturated carbocycles. The summed E-state index contributed by atoms with van der Waals surface area (Å²) in [6, 6.07) is 14.5. The van der Waals surface area contributed by atoms with Gasteiger partial charge in [0.2, 0.25) is 0 Å². The minimum atomic E-state index is -4.14. The maximum Gasteiger partial charge on any atom is 0.336 e. The van der Waals surface area contributed by atoms with Crippen molar-refractivity contribution in [2.75, 3.05) is 0 Å². The second-order valence-electron chi connectivity index (χ2n) is 6.49. The van der Waals surface area contributed by atoms with Crippen LogP contribution in [0.4, 0.5) is 0 Å². The predicted molar refractivity (Wildman–Crippen MR) is 113 cm³/mol. The van der Waals surface area contributed by atoms with Crippen molar-refractivity contribution in [2.24, 2.45) is 0 Å². The fraction of sp³-hybridized carbons (Fsp3) is 0.0952. The third-order valence-corrected chi connectivity index (χ3v) is 6.62. The van der Waals surface area contributed by atoms with Crippen LogP contribution < -0.4 is 0 Å². The Kier molecular flexibility index (Phi) is 5.89. The first-order chi connectivity index (χ1) is 13.6. The molecule has 0 radical (unpaired) electrons. The van der Waals surface area contributed by atoms with Crippen molar-refractivity contribution >= 4 is 39.0 Å². The summed E-state index contributed by atoms with van der Waals surface area (Å²) in [4.78, 5) is 11.3. The van der Waals surface area contributed by atoms with Crippen LogP contribution in [0.15, 0.2) is 59.5 Å². The number of hydrogen-bond acceptors (Lipinski definition) is 4. The summed E-state index contributed by atoms with van der Waals surface area (Å²) in [7, 11) is -4.14. The predicted octanol–water partition coefficient (Wildman–Crippen LogP) is 5.35. The van der Waals surface area contributed by atoms with E-state index in [2.05, 4.69) is 0 Å². The highest BCUT2D eigenvalue weighted by Gasteiger charge is 2.25. The van der Waals surface area contributed by atoms with Gasteiger partial charge in [-0.2, -0.15) is 0 Å². The van der Waals surface area contributed by atoms with Gasteiger partial charge in [0.15, 0.2) is 15.6 Å². The van der Waals surface area contributed by atoms with Crippen LogP contribution in [-0.2, 0) is 15.6 Å². The molecule has 0 aliphatic heterocycles. The van der Waals surface area contributed by atoms with Crippen LogP contribution in [-0.4, -0.2) is 24.6 Å². The van der Waals surface area contributed by atoms with Crippen molar-refractivity contribution in [1.82, 2.24) is 0 Å². The van der Waals surface area contributed by atoms with Crippen molar-refractivity contribution in [1.29, 1.82) is 0 Å². The van der Waals surface area contributed by atoms with Crippen molar-refractivity contribution in [3.8, 4) is 16.9 Å². The summed E-state index contributed by atoms with van der Waals surface area (Å²) < 4.78 is 25.9. The Morgan fingerprint density at radius 1 is 1.03 bits per heavy atom. The van der Waals surface area contributed by atoms with E-state index in [9.17, 15) is 23.4 Å². The molecule has 2 N–H and O–H groups in total. The monoisotopic (exact) mass is 450 g/mol. The van der Waals surface area contributed by atoms with E-state index in [0.29, 0.717) is 11.1 Å². The van der Waals surface area contributed by atoms with E-state index in [1.807, 2.05) is 30.3 Å². The van der Waals surface area contributed by atoms with Crippen LogP contribution in [0.5, 0.6) is 5.75 Å². The summed E-state index contributed by atoms with van der Waals surface area (Å²) in [5, 5.41) is 19.5. The molecule has 0 fully saturated rings. The molecule has 0 unspecified atom stereocenters. The molecule has 0 saturated heterocycles. The number of halogens is 2. The molecule has 3 rings (SSSR count). The molecule has 150 valence electrons. The largest absolute Gasteiger partial charge is 0.505 e. The quantitative estimate of drug-likeness (QED) is 0.546. The highest BCUT2D eigenvalue weighted by Crippen LogP contribution is 2.36. The second-order valence-corrected chi connectivity index (χ2v) is 9.29. The molecule has 0 amide bonds. The van der Waals surface area contributed by atoms with E-state index < -0.39 is 32.2 Å². The van der Waals surface area contributed by atoms with Crippen molar-refractivity contribution in [3.63, 3.8) is 0 Å². The molecular formula is C21H16Cl2O5S. The van der Waals surface area contributed by atoms with Crippen LogP contribution in [0.2, 0.25) is 10.0 Å². The molecule has 5 nitrogen and oxygen atoms in total. The molecule has 29 heavy (non-hydrogen) atoms. The Bertz CT molecular complexity index is 1210. The van der Waals surface area contributed by atoms with Crippen molar-refractivity contribution < 1.29 is 23.4 Å². The lowest BCUT2D eigenvalue weighted by atomic mass is 9.95. The summed E-state index contributed by atoms with van der Waals surface area (Å²) in [5.41, 5.74) is 2.21. The molecule has 0 bridgehead atoms. The van der Waals surface area contributed by atoms with Crippen molar-refractivity contribution in [2.45, 2.75) is 17.6 Å². The second kappa shape index (κ2) is 8.06. The Balaban J connectivity index is 2.16. The van der Waals surface area contributed by atoms with Gasteiger partial charge in [0.05, 0.1) is 16.3 Å². The van der Waals surface area contributed by atoms with Gasteiger partial charge in [0.1, 0.15) is 4.90 Å². The Hall–Kier alpha value is -2.54. The zero-order chi connectivity index (χ0) is 21.3. The molecule has 8 heteroatoms. The summed E-state index contributed by atoms with van der Waals surface area (Å²) >= 11 is 11.7. The minimum Gasteiger partial charge on any atom is -0.505 e. The number of hydrogen-bond donors (Lipinski definition) is 2. The third kappa shape index (κ3) is 4.40. The van der Waals surface area contributed by atoms with E-state index >= 15 is 0 Å². The third-order valence-electron chi connectivity index (χ3n) is 4.44. The average Bonchev–Trinajstić information content (AvgIpc) is 2.66. The molecule has 0 atom stereocenters. The number of aromatic hydroxyl groups is 1. The number of carbonyl (C=O) groups is 1. The van der Waals surface area contributed by atoms with E-state index in [4.69, 9.17) is 23.2 Å². The maximum absolute atomic E-state index is 13.0. The maximum atomic E-state index is 13.0. The molecule has 0 spiro atoms. The Labute approximate surface area is 178 Å². The van der Waals surface area contributed by atoms with Crippen LogP contribution in [0.1, 0.15) is 21.5 Å². The lowest BCUT2D eigenvalue weighted by Crippen LogP contribution is -2.11. The molecular weight excluding hydrogens is 435 g/mol. The van der Waals surface area contributed by atoms with E-state index in [-0.39, 0.29) is 21.2 Å². The summed E-state index contributed by atoms with van der Waals surface area (Å²) in [5.74, 6) is -2.51. The highest BCUT2D eigenvalue weighted by molar-refractivity contribution is 7.90. The first kappa shape index (κ1) is 21.2. The fourth-order valence-corrected chi connectivity index (χ4v) is 5.19. The fourth-order valence-electron chi connectivity index (χ4n) is 3.06. The van der Waals surface area contributed by atoms with Crippen LogP contribution in [0, 0.1) is 6.92 Å². The zero-order valence-corrected chi connectivity index (χ0v) is 17.5. The van der Waals surface area contributed by atoms with Gasteiger partial charge in [-0.3, -0.25) is 0 Å². The average molecular weight is 451 g/mol. The number of benzene rings is 3. The normalized spacial score (nSPS) is 11.4. The molecule has 0 aliphatic carbocycles.